The van der Waals surface area contributed by atoms with Gasteiger partial charge in [0.05, 0.1) is 36.9 Å². The predicted octanol–water partition coefficient (Wildman–Crippen LogP) is 2.02. The number of amides is 3. The van der Waals surface area contributed by atoms with Crippen LogP contribution in [0, 0.1) is 11.6 Å². The summed E-state index contributed by atoms with van der Waals surface area (Å²) in [5.41, 5.74) is 1.74. The number of pyridine rings is 1. The van der Waals surface area contributed by atoms with Gasteiger partial charge >= 0.3 is 0 Å². The molecule has 3 N–H and O–H groups in total. The van der Waals surface area contributed by atoms with Gasteiger partial charge in [-0.25, -0.2) is 38.4 Å². The lowest BCUT2D eigenvalue weighted by molar-refractivity contribution is -0.138. The lowest BCUT2D eigenvalue weighted by Crippen LogP contribution is -2.61. The molecule has 68 heavy (non-hydrogen) atoms. The number of ether oxygens (including phenoxy) is 1. The number of halogens is 2. The molecular weight excluding hydrogens is 879 g/mol. The number of carbonyl (C=O) groups excluding carboxylic acids is 3. The number of benzene rings is 2. The molecule has 0 saturated carbocycles. The van der Waals surface area contributed by atoms with Crippen molar-refractivity contribution in [2.45, 2.75) is 37.1 Å². The van der Waals surface area contributed by atoms with Crippen LogP contribution in [0.25, 0.3) is 39.0 Å². The minimum absolute atomic E-state index is 0.0259. The molecule has 4 atom stereocenters. The Kier molecular flexibility index (Phi) is 11.5. The molecule has 0 spiro atoms. The standard InChI is InChI=1S/C46H46F2N16O4/c47-28-7-8-36(33(48)20-28)64-43-31(22-54-64)42(52-27-53-43)63-24-29-21-37(63)45(66)56-35(46(67)61-14-12-60(13-15-61)40-6-1-2-10-49-40)23-51-44(65)38-26-68-19-18-59(38)16-17-62-25-32-30(4-3-5-34(32)58-62)41-50-11-9-39(55-29)57-41/h1-11,20,22,25,27,29,35,37-38H,12-19,21,23-24,26H2,(H,51,65)(H,56,66)(H,50,55,57)/t29-,35-,37-,38-/m0/s1. The zero-order valence-electron chi connectivity index (χ0n) is 36.7. The summed E-state index contributed by atoms with van der Waals surface area (Å²) < 4.78 is 38.0. The second-order valence-corrected chi connectivity index (χ2v) is 17.2. The first-order valence-corrected chi connectivity index (χ1v) is 22.6. The summed E-state index contributed by atoms with van der Waals surface area (Å²) in [5, 5.41) is 20.1. The molecule has 3 amide bonds. The molecule has 4 aliphatic heterocycles. The summed E-state index contributed by atoms with van der Waals surface area (Å²) >= 11 is 0. The zero-order chi connectivity index (χ0) is 46.3. The highest BCUT2D eigenvalue weighted by atomic mass is 19.1. The van der Waals surface area contributed by atoms with Crippen molar-refractivity contribution in [3.05, 3.63) is 103 Å². The highest BCUT2D eigenvalue weighted by molar-refractivity contribution is 5.96. The largest absolute Gasteiger partial charge is 0.378 e. The number of nitrogens with zero attached hydrogens (tertiary/aromatic N) is 13. The van der Waals surface area contributed by atoms with Crippen molar-refractivity contribution < 1.29 is 27.9 Å². The van der Waals surface area contributed by atoms with Gasteiger partial charge in [-0.3, -0.25) is 24.0 Å². The summed E-state index contributed by atoms with van der Waals surface area (Å²) in [4.78, 5) is 74.6. The summed E-state index contributed by atoms with van der Waals surface area (Å²) in [5.74, 6) is -0.634. The fourth-order valence-electron chi connectivity index (χ4n) is 9.58. The Balaban J connectivity index is 0.955. The van der Waals surface area contributed by atoms with E-state index in [0.717, 1.165) is 34.4 Å². The topological polar surface area (TPSA) is 210 Å². The summed E-state index contributed by atoms with van der Waals surface area (Å²) in [6.45, 7) is 3.88. The van der Waals surface area contributed by atoms with Crippen molar-refractivity contribution >= 4 is 57.1 Å². The minimum Gasteiger partial charge on any atom is -0.378 e. The fraction of sp³-hybridized carbons (Fsp3) is 0.348. The molecule has 20 nitrogen and oxygen atoms in total. The lowest BCUT2D eigenvalue weighted by atomic mass is 10.1. The fourth-order valence-corrected chi connectivity index (χ4v) is 9.58. The highest BCUT2D eigenvalue weighted by Gasteiger charge is 2.41. The number of carbonyl (C=O) groups is 3. The molecule has 9 heterocycles. The Labute approximate surface area is 387 Å². The smallest absolute Gasteiger partial charge is 0.247 e. The molecule has 5 aromatic heterocycles. The number of nitrogens with one attached hydrogen (secondary N) is 3. The monoisotopic (exact) mass is 924 g/mol. The van der Waals surface area contributed by atoms with Gasteiger partial charge in [0, 0.05) is 94.0 Å². The summed E-state index contributed by atoms with van der Waals surface area (Å²) in [6, 6.07) is 13.2. The number of rotatable bonds is 4. The van der Waals surface area contributed by atoms with E-state index in [1.165, 1.54) is 23.3 Å². The third-order valence-corrected chi connectivity index (χ3v) is 13.0. The first-order valence-electron chi connectivity index (χ1n) is 22.6. The van der Waals surface area contributed by atoms with Crippen LogP contribution in [-0.4, -0.2) is 162 Å². The van der Waals surface area contributed by atoms with Crippen LogP contribution in [0.4, 0.5) is 26.2 Å². The third-order valence-electron chi connectivity index (χ3n) is 13.0. The molecule has 3 fully saturated rings. The molecule has 2 aromatic carbocycles. The quantitative estimate of drug-likeness (QED) is 0.231. The molecule has 22 heteroatoms. The molecule has 348 valence electrons. The number of hydrogen-bond acceptors (Lipinski definition) is 15. The maximum absolute atomic E-state index is 15.1. The Morgan fingerprint density at radius 3 is 2.57 bits per heavy atom. The molecule has 0 aliphatic carbocycles. The van der Waals surface area contributed by atoms with Crippen LogP contribution >= 0.6 is 0 Å². The maximum Gasteiger partial charge on any atom is 0.247 e. The molecule has 0 radical (unpaired) electrons. The van der Waals surface area contributed by atoms with E-state index < -0.39 is 41.7 Å². The van der Waals surface area contributed by atoms with Gasteiger partial charge in [-0.2, -0.15) is 10.2 Å². The van der Waals surface area contributed by atoms with Crippen molar-refractivity contribution in [2.75, 3.05) is 80.7 Å². The molecule has 0 unspecified atom stereocenters. The Morgan fingerprint density at radius 2 is 1.72 bits per heavy atom. The average molecular weight is 925 g/mol. The van der Waals surface area contributed by atoms with E-state index >= 15 is 9.18 Å². The number of fused-ring (bicyclic) bond motifs is 8. The molecule has 11 rings (SSSR count). The first kappa shape index (κ1) is 42.9. The van der Waals surface area contributed by atoms with E-state index in [-0.39, 0.29) is 49.3 Å². The van der Waals surface area contributed by atoms with E-state index in [2.05, 4.69) is 45.9 Å². The Morgan fingerprint density at radius 1 is 0.824 bits per heavy atom. The average Bonchev–Trinajstić information content (AvgIpc) is 4.12. The van der Waals surface area contributed by atoms with E-state index in [1.807, 2.05) is 52.2 Å². The number of piperazine rings is 1. The van der Waals surface area contributed by atoms with Crippen LogP contribution in [0.5, 0.6) is 0 Å². The Bertz CT molecular complexity index is 3020. The van der Waals surface area contributed by atoms with E-state index in [4.69, 9.17) is 14.8 Å². The van der Waals surface area contributed by atoms with Crippen LogP contribution < -0.4 is 25.8 Å². The summed E-state index contributed by atoms with van der Waals surface area (Å²) in [7, 11) is 0. The normalized spacial score (nSPS) is 21.8. The molecule has 6 bridgehead atoms. The lowest BCUT2D eigenvalue weighted by Gasteiger charge is -2.38. The molecule has 4 aliphatic rings. The van der Waals surface area contributed by atoms with E-state index in [1.54, 1.807) is 28.3 Å². The highest BCUT2D eigenvalue weighted by Crippen LogP contribution is 2.33. The first-order chi connectivity index (χ1) is 33.2. The van der Waals surface area contributed by atoms with Crippen LogP contribution in [0.2, 0.25) is 0 Å². The maximum atomic E-state index is 15.1. The van der Waals surface area contributed by atoms with Crippen molar-refractivity contribution in [3.63, 3.8) is 0 Å². The van der Waals surface area contributed by atoms with E-state index in [0.29, 0.717) is 75.3 Å². The van der Waals surface area contributed by atoms with Gasteiger partial charge < -0.3 is 35.4 Å². The van der Waals surface area contributed by atoms with Crippen molar-refractivity contribution in [1.29, 1.82) is 0 Å². The van der Waals surface area contributed by atoms with E-state index in [9.17, 15) is 14.0 Å². The number of anilines is 3. The molecular formula is C46H46F2N16O4. The SMILES string of the molecule is O=C1NC[C@@H](C(=O)N2CCN(c3ccccn3)CC2)NC(=O)[C@@H]2C[C@@H](CN2c2ncnc3c2cnn3-c2ccc(F)cc2F)Nc2ccnc(n2)-c2cccc3nn(cc23)CCN2CCOC[C@@H]12. The number of hydrogen-bond donors (Lipinski definition) is 3. The minimum atomic E-state index is -1.16. The van der Waals surface area contributed by atoms with Crippen LogP contribution in [0.15, 0.2) is 91.8 Å². The van der Waals surface area contributed by atoms with Crippen LogP contribution in [-0.2, 0) is 25.7 Å². The van der Waals surface area contributed by atoms with Gasteiger partial charge in [-0.05, 0) is 42.8 Å². The van der Waals surface area contributed by atoms with Crippen molar-refractivity contribution in [1.82, 2.24) is 64.9 Å². The predicted molar refractivity (Wildman–Crippen MR) is 245 cm³/mol. The van der Waals surface area contributed by atoms with Gasteiger partial charge in [0.2, 0.25) is 17.7 Å². The summed E-state index contributed by atoms with van der Waals surface area (Å²) in [6.07, 6.45) is 8.36. The van der Waals surface area contributed by atoms with Crippen LogP contribution in [0.1, 0.15) is 6.42 Å². The van der Waals surface area contributed by atoms with Gasteiger partial charge in [-0.1, -0.05) is 18.2 Å². The van der Waals surface area contributed by atoms with Crippen molar-refractivity contribution in [2.24, 2.45) is 0 Å². The second kappa shape index (κ2) is 18.2. The van der Waals surface area contributed by atoms with Gasteiger partial charge in [0.1, 0.15) is 53.4 Å². The Hall–Kier alpha value is -7.72. The van der Waals surface area contributed by atoms with Crippen molar-refractivity contribution in [3.8, 4) is 17.1 Å². The number of aromatic nitrogens is 9. The van der Waals surface area contributed by atoms with Gasteiger partial charge in [0.25, 0.3) is 0 Å². The third kappa shape index (κ3) is 8.36. The number of morpholine rings is 1. The van der Waals surface area contributed by atoms with Gasteiger partial charge in [0.15, 0.2) is 17.3 Å². The zero-order valence-corrected chi connectivity index (χ0v) is 36.7. The molecule has 3 saturated heterocycles. The van der Waals surface area contributed by atoms with Crippen LogP contribution in [0.3, 0.4) is 0 Å². The molecule has 7 aromatic rings. The second-order valence-electron chi connectivity index (χ2n) is 17.2. The van der Waals surface area contributed by atoms with Gasteiger partial charge in [-0.15, -0.1) is 0 Å².